The molecule has 1 amide bonds. The van der Waals surface area contributed by atoms with E-state index in [1.54, 1.807) is 24.8 Å². The molecule has 0 bridgehead atoms. The number of carbonyl (C=O) groups excluding carboxylic acids is 2. The fraction of sp³-hybridized carbons (Fsp3) is 0.429. The largest absolute Gasteiger partial charge is 0.466 e. The van der Waals surface area contributed by atoms with Crippen LogP contribution in [0.15, 0.2) is 28.7 Å². The summed E-state index contributed by atoms with van der Waals surface area (Å²) in [4.78, 5) is 28.6. The molecular weight excluding hydrogens is 344 g/mol. The van der Waals surface area contributed by atoms with Gasteiger partial charge in [0.25, 0.3) is 5.91 Å². The molecule has 0 N–H and O–H groups in total. The van der Waals surface area contributed by atoms with Crippen molar-refractivity contribution in [2.45, 2.75) is 27.7 Å². The highest BCUT2D eigenvalue weighted by atomic mass is 16.5. The molecule has 1 aromatic heterocycles. The second-order valence-corrected chi connectivity index (χ2v) is 6.99. The molecule has 1 aliphatic heterocycles. The van der Waals surface area contributed by atoms with Crippen LogP contribution in [-0.2, 0) is 9.53 Å². The van der Waals surface area contributed by atoms with Crippen LogP contribution >= 0.6 is 0 Å². The average Bonchev–Trinajstić information content (AvgIpc) is 3.00. The van der Waals surface area contributed by atoms with E-state index in [1.807, 2.05) is 0 Å². The van der Waals surface area contributed by atoms with Gasteiger partial charge in [0, 0.05) is 31.9 Å². The van der Waals surface area contributed by atoms with Gasteiger partial charge in [-0.2, -0.15) is 0 Å². The van der Waals surface area contributed by atoms with Gasteiger partial charge in [-0.3, -0.25) is 4.79 Å². The Kier molecular flexibility index (Phi) is 5.54. The Morgan fingerprint density at radius 3 is 2.41 bits per heavy atom. The molecule has 0 atom stereocenters. The number of hydrogen-bond acceptors (Lipinski definition) is 5. The number of anilines is 1. The van der Waals surface area contributed by atoms with Crippen LogP contribution < -0.4 is 4.90 Å². The predicted octanol–water partition coefficient (Wildman–Crippen LogP) is 3.02. The van der Waals surface area contributed by atoms with E-state index in [0.717, 1.165) is 13.1 Å². The van der Waals surface area contributed by atoms with Gasteiger partial charge >= 0.3 is 5.97 Å². The summed E-state index contributed by atoms with van der Waals surface area (Å²) in [7, 11) is 0. The molecule has 0 radical (unpaired) electrons. The lowest BCUT2D eigenvalue weighted by Crippen LogP contribution is -2.50. The summed E-state index contributed by atoms with van der Waals surface area (Å²) < 4.78 is 10.5. The van der Waals surface area contributed by atoms with E-state index in [0.29, 0.717) is 30.2 Å². The van der Waals surface area contributed by atoms with Gasteiger partial charge in [0.1, 0.15) is 17.1 Å². The fourth-order valence-electron chi connectivity index (χ4n) is 3.40. The minimum Gasteiger partial charge on any atom is -0.466 e. The van der Waals surface area contributed by atoms with Gasteiger partial charge in [0.2, 0.25) is 0 Å². The van der Waals surface area contributed by atoms with Crippen LogP contribution in [0, 0.1) is 27.7 Å². The number of aryl methyl sites for hydroxylation is 3. The van der Waals surface area contributed by atoms with Crippen LogP contribution in [0.1, 0.15) is 33.0 Å². The number of nitrogens with zero attached hydrogens (tertiary/aromatic N) is 2. The van der Waals surface area contributed by atoms with Crippen LogP contribution in [0.5, 0.6) is 0 Å². The van der Waals surface area contributed by atoms with E-state index >= 15 is 0 Å². The standard InChI is InChI=1S/C21H26N2O4/c1-14-6-5-7-19(16(14)3)22-8-10-23(11-9-22)20(24)13-26-21(25)18-12-15(2)27-17(18)4/h5-7,12H,8-11,13H2,1-4H3. The molecule has 0 saturated carbocycles. The van der Waals surface area contributed by atoms with Gasteiger partial charge in [0.05, 0.1) is 0 Å². The molecule has 2 aromatic rings. The number of carbonyl (C=O) groups is 2. The first-order chi connectivity index (χ1) is 12.9. The van der Waals surface area contributed by atoms with Crippen LogP contribution in [0.2, 0.25) is 0 Å². The number of furan rings is 1. The van der Waals surface area contributed by atoms with E-state index < -0.39 is 5.97 Å². The Hall–Kier alpha value is -2.76. The van der Waals surface area contributed by atoms with E-state index in [9.17, 15) is 9.59 Å². The van der Waals surface area contributed by atoms with Gasteiger partial charge in [-0.1, -0.05) is 12.1 Å². The van der Waals surface area contributed by atoms with Crippen molar-refractivity contribution >= 4 is 17.6 Å². The van der Waals surface area contributed by atoms with Crippen molar-refractivity contribution in [2.24, 2.45) is 0 Å². The highest BCUT2D eigenvalue weighted by molar-refractivity contribution is 5.92. The number of benzene rings is 1. The van der Waals surface area contributed by atoms with Crippen molar-refractivity contribution in [1.82, 2.24) is 4.90 Å². The molecule has 1 aliphatic rings. The molecule has 3 rings (SSSR count). The number of rotatable bonds is 4. The normalized spacial score (nSPS) is 14.4. The summed E-state index contributed by atoms with van der Waals surface area (Å²) in [5.74, 6) is 0.467. The van der Waals surface area contributed by atoms with Crippen LogP contribution in [0.3, 0.4) is 0 Å². The highest BCUT2D eigenvalue weighted by Gasteiger charge is 2.24. The van der Waals surface area contributed by atoms with Gasteiger partial charge < -0.3 is 19.0 Å². The molecule has 0 unspecified atom stereocenters. The zero-order chi connectivity index (χ0) is 19.6. The minimum atomic E-state index is -0.522. The maximum atomic E-state index is 12.4. The molecule has 0 aliphatic carbocycles. The van der Waals surface area contributed by atoms with Gasteiger partial charge in [-0.15, -0.1) is 0 Å². The molecule has 6 heteroatoms. The van der Waals surface area contributed by atoms with Crippen LogP contribution in [-0.4, -0.2) is 49.6 Å². The Morgan fingerprint density at radius 1 is 1.07 bits per heavy atom. The molecule has 6 nitrogen and oxygen atoms in total. The number of piperazine rings is 1. The Labute approximate surface area is 159 Å². The smallest absolute Gasteiger partial charge is 0.342 e. The first-order valence-corrected chi connectivity index (χ1v) is 9.20. The monoisotopic (exact) mass is 370 g/mol. The number of hydrogen-bond donors (Lipinski definition) is 0. The second kappa shape index (κ2) is 7.86. The van der Waals surface area contributed by atoms with E-state index in [2.05, 4.69) is 36.9 Å². The van der Waals surface area contributed by atoms with Crippen molar-refractivity contribution in [2.75, 3.05) is 37.7 Å². The van der Waals surface area contributed by atoms with Crippen LogP contribution in [0.25, 0.3) is 0 Å². The first-order valence-electron chi connectivity index (χ1n) is 9.20. The van der Waals surface area contributed by atoms with Crippen molar-refractivity contribution in [3.8, 4) is 0 Å². The molecule has 1 saturated heterocycles. The number of amides is 1. The zero-order valence-electron chi connectivity index (χ0n) is 16.4. The molecule has 1 fully saturated rings. The van der Waals surface area contributed by atoms with Gasteiger partial charge in [-0.25, -0.2) is 4.79 Å². The third-order valence-corrected chi connectivity index (χ3v) is 5.14. The molecular formula is C21H26N2O4. The summed E-state index contributed by atoms with van der Waals surface area (Å²) in [5.41, 5.74) is 4.14. The lowest BCUT2D eigenvalue weighted by molar-refractivity contribution is -0.134. The average molecular weight is 370 g/mol. The van der Waals surface area contributed by atoms with E-state index in [-0.39, 0.29) is 12.5 Å². The minimum absolute atomic E-state index is 0.165. The van der Waals surface area contributed by atoms with Gasteiger partial charge in [0.15, 0.2) is 6.61 Å². The highest BCUT2D eigenvalue weighted by Crippen LogP contribution is 2.24. The predicted molar refractivity (Wildman–Crippen MR) is 103 cm³/mol. The quantitative estimate of drug-likeness (QED) is 0.774. The lowest BCUT2D eigenvalue weighted by atomic mass is 10.1. The molecule has 0 spiro atoms. The summed E-state index contributed by atoms with van der Waals surface area (Å²) >= 11 is 0. The third-order valence-electron chi connectivity index (χ3n) is 5.14. The molecule has 27 heavy (non-hydrogen) atoms. The summed E-state index contributed by atoms with van der Waals surface area (Å²) in [6.45, 7) is 10.2. The summed E-state index contributed by atoms with van der Waals surface area (Å²) in [6, 6.07) is 7.92. The van der Waals surface area contributed by atoms with Crippen LogP contribution in [0.4, 0.5) is 5.69 Å². The number of ether oxygens (including phenoxy) is 1. The first kappa shape index (κ1) is 19.0. The topological polar surface area (TPSA) is 63.0 Å². The Bertz CT molecular complexity index is 848. The Morgan fingerprint density at radius 2 is 1.78 bits per heavy atom. The fourth-order valence-corrected chi connectivity index (χ4v) is 3.40. The molecule has 1 aromatic carbocycles. The van der Waals surface area contributed by atoms with Crippen molar-refractivity contribution in [3.63, 3.8) is 0 Å². The second-order valence-electron chi connectivity index (χ2n) is 6.99. The molecule has 2 heterocycles. The van der Waals surface area contributed by atoms with E-state index in [4.69, 9.17) is 9.15 Å². The van der Waals surface area contributed by atoms with E-state index in [1.165, 1.54) is 16.8 Å². The summed E-state index contributed by atoms with van der Waals surface area (Å²) in [5, 5.41) is 0. The zero-order valence-corrected chi connectivity index (χ0v) is 16.4. The Balaban J connectivity index is 1.52. The lowest BCUT2D eigenvalue weighted by Gasteiger charge is -2.37. The maximum Gasteiger partial charge on any atom is 0.342 e. The van der Waals surface area contributed by atoms with Crippen molar-refractivity contribution in [3.05, 3.63) is 52.5 Å². The number of esters is 1. The summed E-state index contributed by atoms with van der Waals surface area (Å²) in [6.07, 6.45) is 0. The molecule has 144 valence electrons. The maximum absolute atomic E-state index is 12.4. The third kappa shape index (κ3) is 4.15. The van der Waals surface area contributed by atoms with Crippen molar-refractivity contribution < 1.29 is 18.7 Å². The van der Waals surface area contributed by atoms with Gasteiger partial charge in [-0.05, 0) is 51.0 Å². The van der Waals surface area contributed by atoms with Crippen molar-refractivity contribution in [1.29, 1.82) is 0 Å². The SMILES string of the molecule is Cc1cc(C(=O)OCC(=O)N2CCN(c3cccc(C)c3C)CC2)c(C)o1.